The second-order valence-corrected chi connectivity index (χ2v) is 7.37. The van der Waals surface area contributed by atoms with Crippen LogP contribution in [0.15, 0.2) is 42.5 Å². The molecule has 1 spiro atoms. The maximum atomic E-state index is 13.2. The maximum absolute atomic E-state index is 13.2. The molecule has 2 aromatic rings. The minimum atomic E-state index is -0.738. The molecule has 0 aliphatic carbocycles. The van der Waals surface area contributed by atoms with Crippen molar-refractivity contribution in [2.45, 2.75) is 38.1 Å². The monoisotopic (exact) mass is 349 g/mol. The predicted octanol–water partition coefficient (Wildman–Crippen LogP) is 3.30. The first kappa shape index (κ1) is 17.0. The molecule has 134 valence electrons. The molecule has 1 unspecified atom stereocenters. The predicted molar refractivity (Wildman–Crippen MR) is 100 cm³/mol. The number of nitrogens with one attached hydrogen (secondary N) is 1. The van der Waals surface area contributed by atoms with Crippen LogP contribution < -0.4 is 5.32 Å². The number of ketones is 1. The Bertz CT molecular complexity index is 866. The Morgan fingerprint density at radius 3 is 2.38 bits per heavy atom. The van der Waals surface area contributed by atoms with Gasteiger partial charge in [0.2, 0.25) is 5.91 Å². The van der Waals surface area contributed by atoms with E-state index in [9.17, 15) is 9.59 Å². The Balaban J connectivity index is 1.73. The van der Waals surface area contributed by atoms with Crippen LogP contribution in [-0.4, -0.2) is 30.4 Å². The highest BCUT2D eigenvalue weighted by Crippen LogP contribution is 2.38. The van der Waals surface area contributed by atoms with E-state index in [4.69, 9.17) is 4.74 Å². The SMILES string of the molecule is Cc1cc(C2C(=O)NC3(CCOCC3)C2=O)c(C)cc1-c1ccccc1. The Morgan fingerprint density at radius 2 is 1.69 bits per heavy atom. The maximum Gasteiger partial charge on any atom is 0.235 e. The van der Waals surface area contributed by atoms with Crippen molar-refractivity contribution in [3.05, 3.63) is 59.2 Å². The lowest BCUT2D eigenvalue weighted by Gasteiger charge is -2.31. The van der Waals surface area contributed by atoms with Gasteiger partial charge in [-0.05, 0) is 41.7 Å². The van der Waals surface area contributed by atoms with Gasteiger partial charge in [0.1, 0.15) is 11.5 Å². The quantitative estimate of drug-likeness (QED) is 0.847. The summed E-state index contributed by atoms with van der Waals surface area (Å²) < 4.78 is 5.38. The Labute approximate surface area is 153 Å². The van der Waals surface area contributed by atoms with Crippen molar-refractivity contribution in [1.82, 2.24) is 5.32 Å². The van der Waals surface area contributed by atoms with Gasteiger partial charge in [0.15, 0.2) is 5.78 Å². The number of benzene rings is 2. The van der Waals surface area contributed by atoms with Gasteiger partial charge < -0.3 is 10.1 Å². The van der Waals surface area contributed by atoms with Crippen molar-refractivity contribution >= 4 is 11.7 Å². The molecule has 0 saturated carbocycles. The molecule has 0 aromatic heterocycles. The molecule has 4 rings (SSSR count). The molecule has 2 fully saturated rings. The van der Waals surface area contributed by atoms with E-state index in [0.29, 0.717) is 26.1 Å². The van der Waals surface area contributed by atoms with E-state index in [2.05, 4.69) is 23.5 Å². The van der Waals surface area contributed by atoms with Crippen LogP contribution >= 0.6 is 0 Å². The van der Waals surface area contributed by atoms with Gasteiger partial charge >= 0.3 is 0 Å². The fourth-order valence-electron chi connectivity index (χ4n) is 4.22. The summed E-state index contributed by atoms with van der Waals surface area (Å²) in [7, 11) is 0. The molecule has 4 nitrogen and oxygen atoms in total. The number of ether oxygens (including phenoxy) is 1. The van der Waals surface area contributed by atoms with E-state index in [1.54, 1.807) is 0 Å². The number of hydrogen-bond acceptors (Lipinski definition) is 3. The minimum Gasteiger partial charge on any atom is -0.381 e. The Morgan fingerprint density at radius 1 is 1.00 bits per heavy atom. The summed E-state index contributed by atoms with van der Waals surface area (Å²) in [6, 6.07) is 14.3. The van der Waals surface area contributed by atoms with Crippen LogP contribution in [0.1, 0.15) is 35.4 Å². The highest BCUT2D eigenvalue weighted by molar-refractivity contribution is 6.17. The summed E-state index contributed by atoms with van der Waals surface area (Å²) in [6.45, 7) is 5.05. The minimum absolute atomic E-state index is 0.000705. The van der Waals surface area contributed by atoms with E-state index in [-0.39, 0.29) is 11.7 Å². The number of carbonyl (C=O) groups is 2. The highest BCUT2D eigenvalue weighted by atomic mass is 16.5. The third-order valence-electron chi connectivity index (χ3n) is 5.71. The number of amides is 1. The highest BCUT2D eigenvalue weighted by Gasteiger charge is 2.53. The number of hydrogen-bond donors (Lipinski definition) is 1. The van der Waals surface area contributed by atoms with Gasteiger partial charge in [-0.3, -0.25) is 9.59 Å². The first-order chi connectivity index (χ1) is 12.5. The van der Waals surface area contributed by atoms with Crippen molar-refractivity contribution in [2.24, 2.45) is 0 Å². The Kier molecular flexibility index (Phi) is 4.16. The van der Waals surface area contributed by atoms with E-state index >= 15 is 0 Å². The molecule has 4 heteroatoms. The zero-order valence-electron chi connectivity index (χ0n) is 15.2. The van der Waals surface area contributed by atoms with Crippen molar-refractivity contribution in [2.75, 3.05) is 13.2 Å². The number of aryl methyl sites for hydroxylation is 2. The van der Waals surface area contributed by atoms with Crippen LogP contribution in [0.3, 0.4) is 0 Å². The molecule has 1 atom stereocenters. The standard InChI is InChI=1S/C22H23NO3/c1-14-13-18(15(2)12-17(14)16-6-4-3-5-7-16)19-20(24)22(23-21(19)25)8-10-26-11-9-22/h3-7,12-13,19H,8-11H2,1-2H3,(H,23,25). The molecule has 1 amide bonds. The molecule has 26 heavy (non-hydrogen) atoms. The van der Waals surface area contributed by atoms with E-state index in [1.807, 2.05) is 38.1 Å². The fourth-order valence-corrected chi connectivity index (χ4v) is 4.22. The van der Waals surface area contributed by atoms with Crippen molar-refractivity contribution < 1.29 is 14.3 Å². The van der Waals surface area contributed by atoms with Gasteiger partial charge in [-0.1, -0.05) is 42.5 Å². The lowest BCUT2D eigenvalue weighted by Crippen LogP contribution is -2.50. The van der Waals surface area contributed by atoms with Crippen molar-refractivity contribution in [3.63, 3.8) is 0 Å². The summed E-state index contributed by atoms with van der Waals surface area (Å²) in [5.41, 5.74) is 4.42. The molecule has 2 aromatic carbocycles. The smallest absolute Gasteiger partial charge is 0.235 e. The third-order valence-corrected chi connectivity index (χ3v) is 5.71. The molecule has 0 radical (unpaired) electrons. The van der Waals surface area contributed by atoms with Crippen LogP contribution in [0, 0.1) is 13.8 Å². The van der Waals surface area contributed by atoms with Gasteiger partial charge in [-0.2, -0.15) is 0 Å². The van der Waals surface area contributed by atoms with Crippen LogP contribution in [0.25, 0.3) is 11.1 Å². The van der Waals surface area contributed by atoms with Gasteiger partial charge in [0.25, 0.3) is 0 Å². The average molecular weight is 349 g/mol. The van der Waals surface area contributed by atoms with Crippen molar-refractivity contribution in [3.8, 4) is 11.1 Å². The first-order valence-electron chi connectivity index (χ1n) is 9.12. The van der Waals surface area contributed by atoms with E-state index in [1.165, 1.54) is 0 Å². The first-order valence-corrected chi connectivity index (χ1v) is 9.12. The second kappa shape index (κ2) is 6.36. The number of carbonyl (C=O) groups excluding carboxylic acids is 2. The van der Waals surface area contributed by atoms with Gasteiger partial charge in [0.05, 0.1) is 0 Å². The largest absolute Gasteiger partial charge is 0.381 e. The summed E-state index contributed by atoms with van der Waals surface area (Å²) in [4.78, 5) is 25.9. The topological polar surface area (TPSA) is 55.4 Å². The second-order valence-electron chi connectivity index (χ2n) is 7.37. The molecule has 0 bridgehead atoms. The van der Waals surface area contributed by atoms with Gasteiger partial charge in [-0.15, -0.1) is 0 Å². The molecule has 1 N–H and O–H groups in total. The van der Waals surface area contributed by atoms with Gasteiger partial charge in [0, 0.05) is 26.1 Å². The van der Waals surface area contributed by atoms with Gasteiger partial charge in [-0.25, -0.2) is 0 Å². The lowest BCUT2D eigenvalue weighted by molar-refractivity contribution is -0.127. The summed E-state index contributed by atoms with van der Waals surface area (Å²) in [6.07, 6.45) is 1.13. The molecule has 2 saturated heterocycles. The summed E-state index contributed by atoms with van der Waals surface area (Å²) in [5, 5.41) is 2.99. The molecule has 2 aliphatic rings. The molecule has 2 heterocycles. The fraction of sp³-hybridized carbons (Fsp3) is 0.364. The third kappa shape index (κ3) is 2.65. The normalized spacial score (nSPS) is 21.8. The Hall–Kier alpha value is -2.46. The van der Waals surface area contributed by atoms with Crippen LogP contribution in [0.5, 0.6) is 0 Å². The number of rotatable bonds is 2. The van der Waals surface area contributed by atoms with Crippen LogP contribution in [0.2, 0.25) is 0 Å². The van der Waals surface area contributed by atoms with Crippen LogP contribution in [0.4, 0.5) is 0 Å². The zero-order valence-corrected chi connectivity index (χ0v) is 15.2. The molecular formula is C22H23NO3. The lowest BCUT2D eigenvalue weighted by atomic mass is 9.80. The zero-order chi connectivity index (χ0) is 18.3. The molecular weight excluding hydrogens is 326 g/mol. The van der Waals surface area contributed by atoms with E-state index in [0.717, 1.165) is 27.8 Å². The number of Topliss-reactive ketones (excluding diaryl/α,β-unsaturated/α-hetero) is 1. The summed E-state index contributed by atoms with van der Waals surface area (Å²) in [5.74, 6) is -0.885. The molecule has 2 aliphatic heterocycles. The van der Waals surface area contributed by atoms with E-state index < -0.39 is 11.5 Å². The average Bonchev–Trinajstić information content (AvgIpc) is 2.88. The summed E-state index contributed by atoms with van der Waals surface area (Å²) >= 11 is 0. The van der Waals surface area contributed by atoms with Crippen LogP contribution in [-0.2, 0) is 14.3 Å². The van der Waals surface area contributed by atoms with Crippen molar-refractivity contribution in [1.29, 1.82) is 0 Å².